The first kappa shape index (κ1) is 24.9. The number of thiocarbonyl (C=S) groups is 1. The molecule has 1 unspecified atom stereocenters. The maximum absolute atomic E-state index is 13.0. The van der Waals surface area contributed by atoms with E-state index in [1.807, 2.05) is 6.92 Å². The predicted octanol–water partition coefficient (Wildman–Crippen LogP) is 1.55. The van der Waals surface area contributed by atoms with Crippen molar-refractivity contribution < 1.29 is 19.1 Å². The van der Waals surface area contributed by atoms with Crippen molar-refractivity contribution in [2.75, 3.05) is 47.0 Å². The average Bonchev–Trinajstić information content (AvgIpc) is 2.80. The van der Waals surface area contributed by atoms with E-state index >= 15 is 0 Å². The topological polar surface area (TPSA) is 91.9 Å². The summed E-state index contributed by atoms with van der Waals surface area (Å²) in [5, 5.41) is 9.81. The summed E-state index contributed by atoms with van der Waals surface area (Å²) in [4.78, 5) is 28.0. The maximum atomic E-state index is 13.0. The van der Waals surface area contributed by atoms with Crippen molar-refractivity contribution in [2.45, 2.75) is 32.2 Å². The number of nitrogens with zero attached hydrogens (tertiary/aromatic N) is 1. The molecule has 0 aromatic heterocycles. The summed E-state index contributed by atoms with van der Waals surface area (Å²) < 4.78 is 10.3. The van der Waals surface area contributed by atoms with Gasteiger partial charge in [0.05, 0.1) is 7.11 Å². The minimum Gasteiger partial charge on any atom is -0.497 e. The van der Waals surface area contributed by atoms with Crippen molar-refractivity contribution in [3.63, 3.8) is 0 Å². The molecule has 0 aliphatic carbocycles. The Kier molecular flexibility index (Phi) is 10.5. The van der Waals surface area contributed by atoms with Crippen molar-refractivity contribution in [3.8, 4) is 5.75 Å². The minimum atomic E-state index is -0.615. The van der Waals surface area contributed by atoms with Crippen molar-refractivity contribution in [3.05, 3.63) is 29.8 Å². The Morgan fingerprint density at radius 1 is 1.23 bits per heavy atom. The fourth-order valence-corrected chi connectivity index (χ4v) is 3.95. The third-order valence-electron chi connectivity index (χ3n) is 5.35. The van der Waals surface area contributed by atoms with Gasteiger partial charge in [-0.25, -0.2) is 0 Å². The largest absolute Gasteiger partial charge is 0.497 e. The van der Waals surface area contributed by atoms with Crippen LogP contribution in [0.25, 0.3) is 0 Å². The molecule has 0 saturated carbocycles. The molecule has 0 bridgehead atoms. The zero-order chi connectivity index (χ0) is 22.6. The summed E-state index contributed by atoms with van der Waals surface area (Å²) in [5.41, 5.74) is 0.460. The monoisotopic (exact) mass is 450 g/mol. The maximum Gasteiger partial charge on any atom is 0.252 e. The molecule has 2 amide bonds. The van der Waals surface area contributed by atoms with Crippen molar-refractivity contribution in [1.82, 2.24) is 20.9 Å². The molecule has 1 aliphatic heterocycles. The number of ether oxygens (including phenoxy) is 2. The first-order valence-electron chi connectivity index (χ1n) is 10.7. The Bertz CT molecular complexity index is 738. The van der Waals surface area contributed by atoms with Gasteiger partial charge in [-0.1, -0.05) is 6.07 Å². The highest BCUT2D eigenvalue weighted by atomic mass is 32.1. The second-order valence-electron chi connectivity index (χ2n) is 7.48. The summed E-state index contributed by atoms with van der Waals surface area (Å²) in [6.07, 6.45) is 2.24. The fourth-order valence-electron chi connectivity index (χ4n) is 3.62. The molecule has 1 heterocycles. The number of carbonyl (C=O) groups excluding carboxylic acids is 2. The molecule has 9 heteroatoms. The lowest BCUT2D eigenvalue weighted by Gasteiger charge is -2.37. The van der Waals surface area contributed by atoms with E-state index in [4.69, 9.17) is 21.7 Å². The lowest BCUT2D eigenvalue weighted by Crippen LogP contribution is -2.54. The van der Waals surface area contributed by atoms with Crippen LogP contribution in [0.1, 0.15) is 36.5 Å². The number of piperidine rings is 1. The van der Waals surface area contributed by atoms with Crippen LogP contribution in [-0.2, 0) is 9.53 Å². The molecule has 1 fully saturated rings. The molecule has 1 saturated heterocycles. The molecule has 1 atom stereocenters. The number of hydrogen-bond acceptors (Lipinski definition) is 5. The molecule has 1 aromatic rings. The molecule has 1 aliphatic rings. The number of methoxy groups -OCH3 is 2. The summed E-state index contributed by atoms with van der Waals surface area (Å²) >= 11 is 5.41. The third-order valence-corrected chi connectivity index (χ3v) is 5.75. The van der Waals surface area contributed by atoms with E-state index in [9.17, 15) is 9.59 Å². The van der Waals surface area contributed by atoms with Crippen LogP contribution < -0.4 is 20.7 Å². The molecule has 8 nitrogen and oxygen atoms in total. The molecular weight excluding hydrogens is 416 g/mol. The molecule has 0 radical (unpaired) electrons. The third kappa shape index (κ3) is 7.66. The van der Waals surface area contributed by atoms with Gasteiger partial charge in [0.15, 0.2) is 5.11 Å². The highest BCUT2D eigenvalue weighted by Gasteiger charge is 2.33. The highest BCUT2D eigenvalue weighted by Crippen LogP contribution is 2.22. The smallest absolute Gasteiger partial charge is 0.252 e. The Morgan fingerprint density at radius 3 is 2.61 bits per heavy atom. The Morgan fingerprint density at radius 2 is 1.97 bits per heavy atom. The van der Waals surface area contributed by atoms with E-state index < -0.39 is 6.04 Å². The van der Waals surface area contributed by atoms with Crippen molar-refractivity contribution in [1.29, 1.82) is 0 Å². The van der Waals surface area contributed by atoms with E-state index in [-0.39, 0.29) is 17.7 Å². The van der Waals surface area contributed by atoms with Gasteiger partial charge in [-0.3, -0.25) is 9.59 Å². The van der Waals surface area contributed by atoms with Crippen LogP contribution in [0, 0.1) is 5.92 Å². The summed E-state index contributed by atoms with van der Waals surface area (Å²) in [6.45, 7) is 5.36. The molecular formula is C22H34N4O4S. The second kappa shape index (κ2) is 13.1. The van der Waals surface area contributed by atoms with Gasteiger partial charge in [-0.05, 0) is 62.5 Å². The van der Waals surface area contributed by atoms with Gasteiger partial charge in [0.1, 0.15) is 11.8 Å². The van der Waals surface area contributed by atoms with Crippen LogP contribution in [0.4, 0.5) is 0 Å². The standard InChI is InChI=1S/C22H34N4O4S/c1-4-23-22(31)26-12-9-16(10-13-26)19(21(28)24-11-6-14-29-2)25-20(27)17-7-5-8-18(15-17)30-3/h5,7-8,15-16,19H,4,6,9-14H2,1-3H3,(H,23,31)(H,24,28)(H,25,27). The zero-order valence-corrected chi connectivity index (χ0v) is 19.4. The number of rotatable bonds is 10. The lowest BCUT2D eigenvalue weighted by atomic mass is 9.88. The van der Waals surface area contributed by atoms with Crippen LogP contribution in [0.15, 0.2) is 24.3 Å². The number of nitrogens with one attached hydrogen (secondary N) is 3. The SMILES string of the molecule is CCNC(=S)N1CCC(C(NC(=O)c2cccc(OC)c2)C(=O)NCCCOC)CC1. The van der Waals surface area contributed by atoms with E-state index in [1.165, 1.54) is 0 Å². The molecule has 3 N–H and O–H groups in total. The normalized spacial score (nSPS) is 15.1. The summed E-state index contributed by atoms with van der Waals surface area (Å²) in [6, 6.07) is 6.30. The van der Waals surface area contributed by atoms with Gasteiger partial charge in [0.25, 0.3) is 5.91 Å². The summed E-state index contributed by atoms with van der Waals surface area (Å²) in [5.74, 6) is 0.165. The van der Waals surface area contributed by atoms with E-state index in [2.05, 4.69) is 20.9 Å². The van der Waals surface area contributed by atoms with Crippen LogP contribution in [0.2, 0.25) is 0 Å². The van der Waals surface area contributed by atoms with Gasteiger partial charge < -0.3 is 30.3 Å². The zero-order valence-electron chi connectivity index (χ0n) is 18.6. The van der Waals surface area contributed by atoms with Crippen molar-refractivity contribution >= 4 is 29.1 Å². The van der Waals surface area contributed by atoms with Gasteiger partial charge in [0, 0.05) is 45.5 Å². The first-order valence-corrected chi connectivity index (χ1v) is 11.1. The lowest BCUT2D eigenvalue weighted by molar-refractivity contribution is -0.124. The van der Waals surface area contributed by atoms with E-state index in [0.717, 1.165) is 37.6 Å². The Balaban J connectivity index is 2.06. The van der Waals surface area contributed by atoms with Gasteiger partial charge in [0.2, 0.25) is 5.91 Å². The van der Waals surface area contributed by atoms with Crippen LogP contribution in [-0.4, -0.2) is 74.9 Å². The quantitative estimate of drug-likeness (QED) is 0.368. The second-order valence-corrected chi connectivity index (χ2v) is 7.87. The van der Waals surface area contributed by atoms with Crippen LogP contribution in [0.3, 0.4) is 0 Å². The molecule has 1 aromatic carbocycles. The molecule has 172 valence electrons. The molecule has 31 heavy (non-hydrogen) atoms. The van der Waals surface area contributed by atoms with Gasteiger partial charge in [-0.2, -0.15) is 0 Å². The van der Waals surface area contributed by atoms with Gasteiger partial charge in [-0.15, -0.1) is 0 Å². The number of likely N-dealkylation sites (tertiary alicyclic amines) is 1. The number of benzene rings is 1. The predicted molar refractivity (Wildman–Crippen MR) is 124 cm³/mol. The fraction of sp³-hybridized carbons (Fsp3) is 0.591. The highest BCUT2D eigenvalue weighted by molar-refractivity contribution is 7.80. The first-order chi connectivity index (χ1) is 15.0. The Labute approximate surface area is 190 Å². The van der Waals surface area contributed by atoms with Crippen LogP contribution >= 0.6 is 12.2 Å². The summed E-state index contributed by atoms with van der Waals surface area (Å²) in [7, 11) is 3.18. The number of hydrogen-bond donors (Lipinski definition) is 3. The molecule has 2 rings (SSSR count). The van der Waals surface area contributed by atoms with Gasteiger partial charge >= 0.3 is 0 Å². The Hall–Kier alpha value is -2.39. The van der Waals surface area contributed by atoms with E-state index in [1.54, 1.807) is 38.5 Å². The molecule has 0 spiro atoms. The van der Waals surface area contributed by atoms with E-state index in [0.29, 0.717) is 30.9 Å². The van der Waals surface area contributed by atoms with Crippen LogP contribution in [0.5, 0.6) is 5.75 Å². The average molecular weight is 451 g/mol. The number of amides is 2. The van der Waals surface area contributed by atoms with Crippen molar-refractivity contribution in [2.24, 2.45) is 5.92 Å². The minimum absolute atomic E-state index is 0.0256. The number of carbonyl (C=O) groups is 2.